The molecule has 0 radical (unpaired) electrons. The number of carbonyl (C=O) groups excluding carboxylic acids is 2. The number of phosphoric ester groups is 1. The Hall–Kier alpha value is -1.25. The first-order valence-corrected chi connectivity index (χ1v) is 39.4. The summed E-state index contributed by atoms with van der Waals surface area (Å²) in [6.07, 6.45) is 83.3. The van der Waals surface area contributed by atoms with Gasteiger partial charge in [-0.3, -0.25) is 14.2 Å². The molecule has 2 atom stereocenters. The topological polar surface area (TPSA) is 111 Å². The molecular formula is C75H148NO8P. The molecule has 0 aromatic rings. The summed E-state index contributed by atoms with van der Waals surface area (Å²) in [6.45, 7) is 4.33. The lowest BCUT2D eigenvalue weighted by molar-refractivity contribution is -0.870. The van der Waals surface area contributed by atoms with Crippen molar-refractivity contribution in [2.75, 3.05) is 47.5 Å². The van der Waals surface area contributed by atoms with Crippen molar-refractivity contribution in [2.24, 2.45) is 0 Å². The maximum atomic E-state index is 12.9. The van der Waals surface area contributed by atoms with Crippen molar-refractivity contribution in [2.45, 2.75) is 412 Å². The molecule has 0 fully saturated rings. The summed E-state index contributed by atoms with van der Waals surface area (Å²) >= 11 is 0. The lowest BCUT2D eigenvalue weighted by Crippen LogP contribution is -2.37. The summed E-state index contributed by atoms with van der Waals surface area (Å²) in [7, 11) is 1.20. The second kappa shape index (κ2) is 67.2. The number of likely N-dealkylation sites (N-methyl/N-ethyl adjacent to an activating group) is 1. The molecule has 0 bridgehead atoms. The molecule has 506 valence electrons. The van der Waals surface area contributed by atoms with Crippen LogP contribution in [0, 0.1) is 0 Å². The lowest BCUT2D eigenvalue weighted by atomic mass is 10.0. The number of esters is 2. The molecule has 0 aliphatic rings. The highest BCUT2D eigenvalue weighted by Crippen LogP contribution is 2.38. The van der Waals surface area contributed by atoms with Gasteiger partial charge in [0.2, 0.25) is 0 Å². The highest BCUT2D eigenvalue weighted by molar-refractivity contribution is 7.45. The molecule has 0 saturated carbocycles. The van der Waals surface area contributed by atoms with Crippen LogP contribution < -0.4 is 4.89 Å². The molecule has 0 N–H and O–H groups in total. The molecule has 0 amide bonds. The third kappa shape index (κ3) is 71.7. The predicted molar refractivity (Wildman–Crippen MR) is 365 cm³/mol. The minimum Gasteiger partial charge on any atom is -0.756 e. The van der Waals surface area contributed by atoms with Crippen LogP contribution in [0.2, 0.25) is 0 Å². The largest absolute Gasteiger partial charge is 0.756 e. The third-order valence-electron chi connectivity index (χ3n) is 17.5. The van der Waals surface area contributed by atoms with Gasteiger partial charge in [-0.25, -0.2) is 0 Å². The average molecular weight is 1220 g/mol. The van der Waals surface area contributed by atoms with Crippen LogP contribution in [0.3, 0.4) is 0 Å². The summed E-state index contributed by atoms with van der Waals surface area (Å²) < 4.78 is 34.4. The second-order valence-electron chi connectivity index (χ2n) is 27.4. The van der Waals surface area contributed by atoms with Gasteiger partial charge in [0.05, 0.1) is 27.7 Å². The van der Waals surface area contributed by atoms with Gasteiger partial charge < -0.3 is 27.9 Å². The molecule has 9 nitrogen and oxygen atoms in total. The fourth-order valence-electron chi connectivity index (χ4n) is 11.7. The Bertz CT molecular complexity index is 1440. The van der Waals surface area contributed by atoms with Crippen LogP contribution in [0.25, 0.3) is 0 Å². The van der Waals surface area contributed by atoms with E-state index in [0.717, 1.165) is 32.1 Å². The predicted octanol–water partition coefficient (Wildman–Crippen LogP) is 24.0. The van der Waals surface area contributed by atoms with Gasteiger partial charge in [-0.15, -0.1) is 0 Å². The lowest BCUT2D eigenvalue weighted by Gasteiger charge is -2.28. The Morgan fingerprint density at radius 2 is 0.600 bits per heavy atom. The van der Waals surface area contributed by atoms with Gasteiger partial charge in [0.25, 0.3) is 7.82 Å². The number of nitrogens with zero attached hydrogens (tertiary/aromatic N) is 1. The number of hydrogen-bond donors (Lipinski definition) is 0. The molecule has 10 heteroatoms. The summed E-state index contributed by atoms with van der Waals surface area (Å²) in [6, 6.07) is 0. The van der Waals surface area contributed by atoms with Crippen molar-refractivity contribution in [1.82, 2.24) is 0 Å². The van der Waals surface area contributed by atoms with E-state index in [9.17, 15) is 19.0 Å². The highest BCUT2D eigenvalue weighted by atomic mass is 31.2. The van der Waals surface area contributed by atoms with Gasteiger partial charge in [-0.05, 0) is 38.5 Å². The molecule has 0 aliphatic heterocycles. The van der Waals surface area contributed by atoms with Crippen LogP contribution >= 0.6 is 7.82 Å². The summed E-state index contributed by atoms with van der Waals surface area (Å²) in [5, 5.41) is 0. The molecule has 2 unspecified atom stereocenters. The van der Waals surface area contributed by atoms with Gasteiger partial charge in [-0.2, -0.15) is 0 Å². The monoisotopic (exact) mass is 1220 g/mol. The maximum Gasteiger partial charge on any atom is 0.306 e. The first-order valence-electron chi connectivity index (χ1n) is 37.9. The van der Waals surface area contributed by atoms with Crippen LogP contribution in [0.5, 0.6) is 0 Å². The first kappa shape index (κ1) is 83.8. The first-order chi connectivity index (χ1) is 41.5. The van der Waals surface area contributed by atoms with Crippen molar-refractivity contribution in [3.63, 3.8) is 0 Å². The van der Waals surface area contributed by atoms with Gasteiger partial charge in [-0.1, -0.05) is 366 Å². The molecule has 0 spiro atoms. The Balaban J connectivity index is 3.92. The second-order valence-corrected chi connectivity index (χ2v) is 28.8. The zero-order valence-electron chi connectivity index (χ0n) is 57.9. The van der Waals surface area contributed by atoms with Crippen LogP contribution in [0.4, 0.5) is 0 Å². The van der Waals surface area contributed by atoms with Crippen molar-refractivity contribution < 1.29 is 42.1 Å². The van der Waals surface area contributed by atoms with Gasteiger partial charge in [0.1, 0.15) is 19.8 Å². The van der Waals surface area contributed by atoms with E-state index in [0.29, 0.717) is 17.4 Å². The van der Waals surface area contributed by atoms with E-state index >= 15 is 0 Å². The fourth-order valence-corrected chi connectivity index (χ4v) is 12.4. The van der Waals surface area contributed by atoms with Crippen molar-refractivity contribution in [3.8, 4) is 0 Å². The molecule has 0 aromatic heterocycles. The Kier molecular flexibility index (Phi) is 66.2. The van der Waals surface area contributed by atoms with E-state index in [-0.39, 0.29) is 32.0 Å². The standard InChI is InChI=1S/C75H148NO8P/c1-6-8-10-12-14-16-18-20-22-24-26-28-30-32-34-35-36-37-38-39-40-41-42-44-46-48-50-52-54-56-58-60-62-64-66-68-75(78)84-73(72-83-85(79,80)82-70-69-76(3,4)5)71-81-74(77)67-65-63-61-59-57-55-53-51-49-47-45-43-33-31-29-27-25-23-21-19-17-15-13-11-9-7-2/h24,26,73H,6-23,25,27-72H2,1-5H3/b26-24-. The fraction of sp³-hybridized carbons (Fsp3) is 0.947. The van der Waals surface area contributed by atoms with E-state index in [1.165, 1.54) is 340 Å². The molecule has 0 aromatic carbocycles. The smallest absolute Gasteiger partial charge is 0.306 e. The van der Waals surface area contributed by atoms with Crippen LogP contribution in [-0.2, 0) is 32.7 Å². The SMILES string of the molecule is CCCCCCCCCC/C=C\CCCCCCCCCCCCCCCCCCCCCCCCCC(=O)OC(COC(=O)CCCCCCCCCCCCCCCCCCCCCCCCCCCC)COP(=O)([O-])OCC[N+](C)(C)C. The zero-order valence-corrected chi connectivity index (χ0v) is 58.7. The minimum absolute atomic E-state index is 0.0255. The van der Waals surface area contributed by atoms with Crippen LogP contribution in [0.15, 0.2) is 12.2 Å². The number of phosphoric acid groups is 1. The van der Waals surface area contributed by atoms with E-state index in [1.807, 2.05) is 21.1 Å². The van der Waals surface area contributed by atoms with Crippen molar-refractivity contribution in [3.05, 3.63) is 12.2 Å². The highest BCUT2D eigenvalue weighted by Gasteiger charge is 2.22. The maximum absolute atomic E-state index is 12.9. The van der Waals surface area contributed by atoms with Crippen molar-refractivity contribution >= 4 is 19.8 Å². The number of quaternary nitrogens is 1. The molecule has 0 heterocycles. The third-order valence-corrected chi connectivity index (χ3v) is 18.5. The van der Waals surface area contributed by atoms with Gasteiger partial charge in [0, 0.05) is 12.8 Å². The molecule has 0 rings (SSSR count). The quantitative estimate of drug-likeness (QED) is 0.0195. The normalized spacial score (nSPS) is 13.1. The zero-order chi connectivity index (χ0) is 61.9. The molecule has 85 heavy (non-hydrogen) atoms. The number of unbranched alkanes of at least 4 members (excludes halogenated alkanes) is 56. The van der Waals surface area contributed by atoms with Crippen LogP contribution in [-0.4, -0.2) is 70.0 Å². The summed E-state index contributed by atoms with van der Waals surface area (Å²) in [5.74, 6) is -0.804. The molecule has 0 aliphatic carbocycles. The number of allylic oxidation sites excluding steroid dienone is 2. The number of hydrogen-bond acceptors (Lipinski definition) is 8. The van der Waals surface area contributed by atoms with Gasteiger partial charge in [0.15, 0.2) is 6.10 Å². The van der Waals surface area contributed by atoms with Gasteiger partial charge >= 0.3 is 11.9 Å². The Morgan fingerprint density at radius 3 is 0.871 bits per heavy atom. The van der Waals surface area contributed by atoms with E-state index in [2.05, 4.69) is 26.0 Å². The number of carbonyl (C=O) groups is 2. The van der Waals surface area contributed by atoms with E-state index < -0.39 is 26.5 Å². The number of rotatable bonds is 72. The van der Waals surface area contributed by atoms with E-state index in [1.54, 1.807) is 0 Å². The average Bonchev–Trinajstić information content (AvgIpc) is 3.51. The Labute approximate surface area is 530 Å². The molecule has 0 saturated heterocycles. The summed E-state index contributed by atoms with van der Waals surface area (Å²) in [5.41, 5.74) is 0. The molecular weight excluding hydrogens is 1070 g/mol. The minimum atomic E-state index is -4.64. The van der Waals surface area contributed by atoms with Crippen molar-refractivity contribution in [1.29, 1.82) is 0 Å². The number of ether oxygens (including phenoxy) is 2. The Morgan fingerprint density at radius 1 is 0.353 bits per heavy atom. The summed E-state index contributed by atoms with van der Waals surface area (Å²) in [4.78, 5) is 38.1. The van der Waals surface area contributed by atoms with Crippen LogP contribution in [0.1, 0.15) is 406 Å². The van der Waals surface area contributed by atoms with E-state index in [4.69, 9.17) is 18.5 Å².